The van der Waals surface area contributed by atoms with E-state index in [0.717, 1.165) is 45.3 Å². The van der Waals surface area contributed by atoms with E-state index in [1.807, 2.05) is 33.2 Å². The third-order valence-electron chi connectivity index (χ3n) is 7.63. The smallest absolute Gasteiger partial charge is 0.410 e. The number of carbonyl (C=O) groups is 2. The fourth-order valence-corrected chi connectivity index (χ4v) is 5.63. The molecule has 0 spiro atoms. The lowest BCUT2D eigenvalue weighted by Crippen LogP contribution is -2.48. The average molecular weight is 549 g/mol. The molecule has 1 fully saturated rings. The number of nitrogens with zero attached hydrogens (tertiary/aromatic N) is 3. The Labute approximate surface area is 235 Å². The zero-order chi connectivity index (χ0) is 28.8. The SMILES string of the molecule is CCc1c[nH]c2ncc(-c3cc4c(c(C5COCCN5C(=O)OC(C)(C)C)c3)CN(C(=O)C(C)(C)O)CC4)cc12. The largest absolute Gasteiger partial charge is 0.444 e. The van der Waals surface area contributed by atoms with Gasteiger partial charge < -0.3 is 24.5 Å². The van der Waals surface area contributed by atoms with Gasteiger partial charge in [-0.3, -0.25) is 9.69 Å². The van der Waals surface area contributed by atoms with Crippen molar-refractivity contribution >= 4 is 23.0 Å². The summed E-state index contributed by atoms with van der Waals surface area (Å²) in [5.74, 6) is -0.314. The highest BCUT2D eigenvalue weighted by Gasteiger charge is 2.37. The summed E-state index contributed by atoms with van der Waals surface area (Å²) in [7, 11) is 0. The van der Waals surface area contributed by atoms with Crippen LogP contribution >= 0.6 is 0 Å². The summed E-state index contributed by atoms with van der Waals surface area (Å²) in [5.41, 5.74) is 4.99. The zero-order valence-electron chi connectivity index (χ0n) is 24.3. The fourth-order valence-electron chi connectivity index (χ4n) is 5.63. The molecule has 9 heteroatoms. The molecule has 0 radical (unpaired) electrons. The Bertz CT molecular complexity index is 1430. The number of rotatable bonds is 4. The van der Waals surface area contributed by atoms with Gasteiger partial charge in [0.15, 0.2) is 0 Å². The number of H-pyrrole nitrogens is 1. The van der Waals surface area contributed by atoms with Gasteiger partial charge in [0.25, 0.3) is 5.91 Å². The van der Waals surface area contributed by atoms with E-state index in [1.54, 1.807) is 9.80 Å². The van der Waals surface area contributed by atoms with Crippen LogP contribution in [0.4, 0.5) is 4.79 Å². The number of benzene rings is 1. The van der Waals surface area contributed by atoms with Gasteiger partial charge in [-0.1, -0.05) is 13.0 Å². The highest BCUT2D eigenvalue weighted by Crippen LogP contribution is 2.37. The van der Waals surface area contributed by atoms with E-state index in [-0.39, 0.29) is 18.0 Å². The minimum Gasteiger partial charge on any atom is -0.444 e. The van der Waals surface area contributed by atoms with Crippen LogP contribution in [0.5, 0.6) is 0 Å². The Morgan fingerprint density at radius 1 is 1.15 bits per heavy atom. The van der Waals surface area contributed by atoms with Crippen molar-refractivity contribution in [1.29, 1.82) is 0 Å². The molecule has 0 saturated carbocycles. The van der Waals surface area contributed by atoms with Crippen LogP contribution in [-0.4, -0.2) is 74.4 Å². The summed E-state index contributed by atoms with van der Waals surface area (Å²) in [6.45, 7) is 12.7. The maximum absolute atomic E-state index is 13.3. The second-order valence-corrected chi connectivity index (χ2v) is 12.3. The summed E-state index contributed by atoms with van der Waals surface area (Å²) < 4.78 is 11.7. The fraction of sp³-hybridized carbons (Fsp3) is 0.516. The molecule has 1 saturated heterocycles. The molecule has 2 aliphatic heterocycles. The molecule has 40 heavy (non-hydrogen) atoms. The van der Waals surface area contributed by atoms with Crippen molar-refractivity contribution in [2.75, 3.05) is 26.3 Å². The third-order valence-corrected chi connectivity index (χ3v) is 7.63. The topological polar surface area (TPSA) is 108 Å². The summed E-state index contributed by atoms with van der Waals surface area (Å²) in [6.07, 6.45) is 5.03. The molecular formula is C31H40N4O5. The van der Waals surface area contributed by atoms with Gasteiger partial charge in [-0.2, -0.15) is 0 Å². The molecule has 0 bridgehead atoms. The third kappa shape index (κ3) is 5.58. The quantitative estimate of drug-likeness (QED) is 0.487. The van der Waals surface area contributed by atoms with Gasteiger partial charge in [0.1, 0.15) is 16.8 Å². The van der Waals surface area contributed by atoms with Crippen molar-refractivity contribution in [2.24, 2.45) is 0 Å². The Morgan fingerprint density at radius 3 is 2.62 bits per heavy atom. The number of morpholine rings is 1. The molecular weight excluding hydrogens is 508 g/mol. The number of aromatic amines is 1. The number of nitrogens with one attached hydrogen (secondary N) is 1. The second kappa shape index (κ2) is 10.5. The maximum atomic E-state index is 13.3. The molecule has 1 unspecified atom stereocenters. The number of aryl methyl sites for hydroxylation is 1. The number of hydrogen-bond donors (Lipinski definition) is 2. The zero-order valence-corrected chi connectivity index (χ0v) is 24.3. The summed E-state index contributed by atoms with van der Waals surface area (Å²) in [4.78, 5) is 37.8. The van der Waals surface area contributed by atoms with Crippen molar-refractivity contribution in [3.63, 3.8) is 0 Å². The molecule has 2 N–H and O–H groups in total. The van der Waals surface area contributed by atoms with Crippen LogP contribution in [-0.2, 0) is 33.7 Å². The Kier molecular flexibility index (Phi) is 7.39. The van der Waals surface area contributed by atoms with Gasteiger partial charge in [-0.05, 0) is 87.4 Å². The predicted octanol–water partition coefficient (Wildman–Crippen LogP) is 4.76. The number of carbonyl (C=O) groups excluding carboxylic acids is 2. The molecule has 5 rings (SSSR count). The first-order valence-corrected chi connectivity index (χ1v) is 14.1. The van der Waals surface area contributed by atoms with Crippen LogP contribution in [0.15, 0.2) is 30.6 Å². The van der Waals surface area contributed by atoms with Crippen molar-refractivity contribution in [3.05, 3.63) is 52.8 Å². The van der Waals surface area contributed by atoms with E-state index in [0.29, 0.717) is 39.3 Å². The lowest BCUT2D eigenvalue weighted by atomic mass is 9.86. The van der Waals surface area contributed by atoms with Gasteiger partial charge in [0.2, 0.25) is 0 Å². The molecule has 214 valence electrons. The van der Waals surface area contributed by atoms with E-state index in [1.165, 1.54) is 19.4 Å². The molecule has 0 aliphatic carbocycles. The molecule has 1 aromatic carbocycles. The number of hydrogen-bond acceptors (Lipinski definition) is 6. The Hall–Kier alpha value is -3.43. The van der Waals surface area contributed by atoms with Crippen molar-refractivity contribution in [1.82, 2.24) is 19.8 Å². The van der Waals surface area contributed by atoms with Crippen LogP contribution in [0.1, 0.15) is 69.8 Å². The van der Waals surface area contributed by atoms with E-state index in [9.17, 15) is 14.7 Å². The summed E-state index contributed by atoms with van der Waals surface area (Å²) >= 11 is 0. The normalized spacial score (nSPS) is 18.1. The van der Waals surface area contributed by atoms with Gasteiger partial charge in [0.05, 0.1) is 19.3 Å². The standard InChI is InChI=1S/C31H40N4O5/c1-7-19-15-32-27-23(19)14-22(16-33-27)21-12-20-8-9-34(28(36)31(5,6)38)17-25(20)24(13-21)26-18-39-11-10-35(26)29(37)40-30(2,3)4/h12-16,26,38H,7-11,17-18H2,1-6H3,(H,32,33). The maximum Gasteiger partial charge on any atom is 0.410 e. The number of aliphatic hydroxyl groups is 1. The van der Waals surface area contributed by atoms with Gasteiger partial charge >= 0.3 is 6.09 Å². The minimum atomic E-state index is -1.47. The number of aromatic nitrogens is 2. The van der Waals surface area contributed by atoms with Crippen LogP contribution in [0.2, 0.25) is 0 Å². The van der Waals surface area contributed by atoms with Crippen LogP contribution < -0.4 is 0 Å². The van der Waals surface area contributed by atoms with E-state index >= 15 is 0 Å². The monoisotopic (exact) mass is 548 g/mol. The van der Waals surface area contributed by atoms with Crippen LogP contribution in [0.3, 0.4) is 0 Å². The highest BCUT2D eigenvalue weighted by atomic mass is 16.6. The Balaban J connectivity index is 1.62. The lowest BCUT2D eigenvalue weighted by molar-refractivity contribution is -0.148. The van der Waals surface area contributed by atoms with Gasteiger partial charge in [-0.15, -0.1) is 0 Å². The molecule has 1 atom stereocenters. The highest BCUT2D eigenvalue weighted by molar-refractivity contribution is 5.86. The average Bonchev–Trinajstić information content (AvgIpc) is 3.32. The molecule has 2 aliphatic rings. The molecule has 2 amide bonds. The summed E-state index contributed by atoms with van der Waals surface area (Å²) in [6, 6.07) is 6.06. The molecule has 9 nitrogen and oxygen atoms in total. The number of fused-ring (bicyclic) bond motifs is 2. The predicted molar refractivity (Wildman–Crippen MR) is 153 cm³/mol. The van der Waals surface area contributed by atoms with E-state index in [2.05, 4.69) is 35.1 Å². The van der Waals surface area contributed by atoms with Crippen LogP contribution in [0, 0.1) is 0 Å². The van der Waals surface area contributed by atoms with E-state index in [4.69, 9.17) is 9.47 Å². The second-order valence-electron chi connectivity index (χ2n) is 12.3. The van der Waals surface area contributed by atoms with Crippen molar-refractivity contribution in [3.8, 4) is 11.1 Å². The number of amides is 2. The number of ether oxygens (including phenoxy) is 2. The first kappa shape index (κ1) is 28.1. The lowest BCUT2D eigenvalue weighted by Gasteiger charge is -2.40. The molecule has 3 aromatic rings. The van der Waals surface area contributed by atoms with Gasteiger partial charge in [-0.25, -0.2) is 9.78 Å². The van der Waals surface area contributed by atoms with Crippen LogP contribution in [0.25, 0.3) is 22.2 Å². The van der Waals surface area contributed by atoms with Crippen molar-refractivity contribution < 1.29 is 24.2 Å². The molecule has 2 aromatic heterocycles. The van der Waals surface area contributed by atoms with E-state index < -0.39 is 11.2 Å². The molecule has 4 heterocycles. The number of pyridine rings is 1. The summed E-state index contributed by atoms with van der Waals surface area (Å²) in [5, 5.41) is 11.5. The first-order valence-electron chi connectivity index (χ1n) is 14.1. The first-order chi connectivity index (χ1) is 18.9. The Morgan fingerprint density at radius 2 is 1.93 bits per heavy atom. The van der Waals surface area contributed by atoms with Crippen molar-refractivity contribution in [2.45, 2.75) is 78.2 Å². The van der Waals surface area contributed by atoms with Gasteiger partial charge in [0, 0.05) is 43.0 Å². The minimum absolute atomic E-state index is 0.314.